The van der Waals surface area contributed by atoms with Gasteiger partial charge in [0.1, 0.15) is 5.75 Å². The number of likely N-dealkylation sites (N-methyl/N-ethyl adjacent to an activating group) is 1. The molecular weight excluding hydrogens is 366 g/mol. The van der Waals surface area contributed by atoms with Crippen molar-refractivity contribution in [2.45, 2.75) is 18.4 Å². The van der Waals surface area contributed by atoms with Gasteiger partial charge in [0, 0.05) is 19.8 Å². The summed E-state index contributed by atoms with van der Waals surface area (Å²) < 4.78 is 22.2. The van der Waals surface area contributed by atoms with Gasteiger partial charge in [0.25, 0.3) is 5.91 Å². The predicted octanol–water partition coefficient (Wildman–Crippen LogP) is 2.64. The van der Waals surface area contributed by atoms with E-state index in [4.69, 9.17) is 9.47 Å². The van der Waals surface area contributed by atoms with Gasteiger partial charge in [-0.2, -0.15) is 0 Å². The van der Waals surface area contributed by atoms with E-state index in [9.17, 15) is 13.8 Å². The number of hydrogen-bond acceptors (Lipinski definition) is 5. The van der Waals surface area contributed by atoms with Crippen LogP contribution in [-0.2, 0) is 26.9 Å². The van der Waals surface area contributed by atoms with E-state index in [1.54, 1.807) is 25.2 Å². The summed E-state index contributed by atoms with van der Waals surface area (Å²) >= 11 is 0. The van der Waals surface area contributed by atoms with Crippen LogP contribution in [0.3, 0.4) is 0 Å². The largest absolute Gasteiger partial charge is 0.494 e. The van der Waals surface area contributed by atoms with Crippen molar-refractivity contribution in [3.63, 3.8) is 0 Å². The summed E-state index contributed by atoms with van der Waals surface area (Å²) in [6.45, 7) is 2.52. The fraction of sp³-hybridized carbons (Fsp3) is 0.300. The third-order valence-corrected chi connectivity index (χ3v) is 4.80. The van der Waals surface area contributed by atoms with Crippen molar-refractivity contribution in [3.05, 3.63) is 59.7 Å². The predicted molar refractivity (Wildman–Crippen MR) is 103 cm³/mol. The van der Waals surface area contributed by atoms with Crippen LogP contribution in [0.2, 0.25) is 0 Å². The topological polar surface area (TPSA) is 72.9 Å². The van der Waals surface area contributed by atoms with E-state index in [-0.39, 0.29) is 18.1 Å². The van der Waals surface area contributed by atoms with E-state index < -0.39 is 16.8 Å². The monoisotopic (exact) mass is 389 g/mol. The summed E-state index contributed by atoms with van der Waals surface area (Å²) in [6, 6.07) is 14.0. The zero-order valence-corrected chi connectivity index (χ0v) is 16.5. The van der Waals surface area contributed by atoms with E-state index in [2.05, 4.69) is 0 Å². The lowest BCUT2D eigenvalue weighted by atomic mass is 10.2. The first kappa shape index (κ1) is 20.6. The Kier molecular flexibility index (Phi) is 7.55. The highest BCUT2D eigenvalue weighted by Gasteiger charge is 2.17. The molecular formula is C20H23NO5S. The van der Waals surface area contributed by atoms with Gasteiger partial charge in [-0.25, -0.2) is 4.79 Å². The molecule has 0 aliphatic carbocycles. The molecule has 0 bridgehead atoms. The Morgan fingerprint density at radius 1 is 1.07 bits per heavy atom. The van der Waals surface area contributed by atoms with E-state index in [0.717, 1.165) is 11.3 Å². The number of benzene rings is 2. The van der Waals surface area contributed by atoms with Crippen molar-refractivity contribution in [1.82, 2.24) is 4.90 Å². The van der Waals surface area contributed by atoms with Crippen molar-refractivity contribution in [3.8, 4) is 5.75 Å². The minimum Gasteiger partial charge on any atom is -0.494 e. The van der Waals surface area contributed by atoms with Gasteiger partial charge in [-0.05, 0) is 36.8 Å². The number of carbonyl (C=O) groups is 2. The van der Waals surface area contributed by atoms with Crippen molar-refractivity contribution in [1.29, 1.82) is 0 Å². The zero-order valence-electron chi connectivity index (χ0n) is 15.6. The Balaban J connectivity index is 1.91. The molecule has 0 radical (unpaired) electrons. The van der Waals surface area contributed by atoms with Crippen molar-refractivity contribution in [2.24, 2.45) is 0 Å². The Bertz CT molecular complexity index is 819. The molecule has 2 rings (SSSR count). The summed E-state index contributed by atoms with van der Waals surface area (Å²) in [7, 11) is 0.320. The van der Waals surface area contributed by atoms with Crippen LogP contribution in [0.15, 0.2) is 53.4 Å². The van der Waals surface area contributed by atoms with Gasteiger partial charge in [-0.1, -0.05) is 24.3 Å². The first-order chi connectivity index (χ1) is 12.9. The summed E-state index contributed by atoms with van der Waals surface area (Å²) in [4.78, 5) is 26.3. The second-order valence-electron chi connectivity index (χ2n) is 5.85. The molecule has 1 atom stereocenters. The molecule has 2 aromatic carbocycles. The fourth-order valence-electron chi connectivity index (χ4n) is 2.42. The van der Waals surface area contributed by atoms with Gasteiger partial charge in [0.05, 0.1) is 27.9 Å². The van der Waals surface area contributed by atoms with Gasteiger partial charge < -0.3 is 14.4 Å². The van der Waals surface area contributed by atoms with E-state index in [1.807, 2.05) is 31.2 Å². The van der Waals surface area contributed by atoms with E-state index >= 15 is 0 Å². The fourth-order valence-corrected chi connectivity index (χ4v) is 3.15. The van der Waals surface area contributed by atoms with Crippen LogP contribution < -0.4 is 4.74 Å². The van der Waals surface area contributed by atoms with Crippen molar-refractivity contribution < 1.29 is 23.3 Å². The maximum Gasteiger partial charge on any atom is 0.339 e. The Morgan fingerprint density at radius 3 is 2.37 bits per heavy atom. The standard InChI is InChI=1S/C20H23NO5S/c1-4-25-16-11-9-15(10-12-16)13-21(2)19(22)14-26-20(23)17-7-5-6-8-18(17)27(3)24/h5-12H,4,13-14H2,1-3H3/t27-/m0/s1. The first-order valence-corrected chi connectivity index (χ1v) is 10.0. The second-order valence-corrected chi connectivity index (χ2v) is 7.20. The first-order valence-electron chi connectivity index (χ1n) is 8.47. The molecule has 144 valence electrons. The lowest BCUT2D eigenvalue weighted by Gasteiger charge is -2.17. The molecule has 1 amide bonds. The number of nitrogens with zero attached hydrogens (tertiary/aromatic N) is 1. The zero-order chi connectivity index (χ0) is 19.8. The van der Waals surface area contributed by atoms with E-state index in [1.165, 1.54) is 17.2 Å². The SMILES string of the molecule is CCOc1ccc(CN(C)C(=O)COC(=O)c2ccccc2[S@](C)=O)cc1. The molecule has 0 fully saturated rings. The number of esters is 1. The third kappa shape index (κ3) is 5.92. The average molecular weight is 389 g/mol. The van der Waals surface area contributed by atoms with Gasteiger partial charge in [-0.3, -0.25) is 9.00 Å². The highest BCUT2D eigenvalue weighted by atomic mass is 32.2. The minimum absolute atomic E-state index is 0.209. The summed E-state index contributed by atoms with van der Waals surface area (Å²) in [6.07, 6.45) is 1.49. The quantitative estimate of drug-likeness (QED) is 0.649. The maximum absolute atomic E-state index is 12.2. The lowest BCUT2D eigenvalue weighted by Crippen LogP contribution is -2.31. The second kappa shape index (κ2) is 9.87. The van der Waals surface area contributed by atoms with Crippen LogP contribution in [0.4, 0.5) is 0 Å². The smallest absolute Gasteiger partial charge is 0.339 e. The van der Waals surface area contributed by atoms with Crippen LogP contribution in [0.25, 0.3) is 0 Å². The molecule has 0 aliphatic heterocycles. The molecule has 0 aliphatic rings. The summed E-state index contributed by atoms with van der Waals surface area (Å²) in [5.41, 5.74) is 1.15. The molecule has 27 heavy (non-hydrogen) atoms. The highest BCUT2D eigenvalue weighted by molar-refractivity contribution is 7.84. The van der Waals surface area contributed by atoms with Gasteiger partial charge in [-0.15, -0.1) is 0 Å². The molecule has 0 spiro atoms. The molecule has 0 saturated heterocycles. The van der Waals surface area contributed by atoms with Gasteiger partial charge in [0.15, 0.2) is 6.61 Å². The average Bonchev–Trinajstić information content (AvgIpc) is 2.67. The lowest BCUT2D eigenvalue weighted by molar-refractivity contribution is -0.133. The van der Waals surface area contributed by atoms with Crippen LogP contribution in [0, 0.1) is 0 Å². The molecule has 0 heterocycles. The number of hydrogen-bond donors (Lipinski definition) is 0. The highest BCUT2D eigenvalue weighted by Crippen LogP contribution is 2.15. The van der Waals surface area contributed by atoms with Gasteiger partial charge in [0.2, 0.25) is 0 Å². The third-order valence-electron chi connectivity index (χ3n) is 3.82. The van der Waals surface area contributed by atoms with Gasteiger partial charge >= 0.3 is 5.97 Å². The molecule has 0 unspecified atom stereocenters. The molecule has 0 N–H and O–H groups in total. The number of carbonyl (C=O) groups excluding carboxylic acids is 2. The van der Waals surface area contributed by atoms with Crippen LogP contribution in [0.5, 0.6) is 5.75 Å². The summed E-state index contributed by atoms with van der Waals surface area (Å²) in [5, 5.41) is 0. The minimum atomic E-state index is -1.32. The van der Waals surface area contributed by atoms with Crippen molar-refractivity contribution in [2.75, 3.05) is 26.5 Å². The normalized spacial score (nSPS) is 11.5. The van der Waals surface area contributed by atoms with Crippen LogP contribution in [-0.4, -0.2) is 47.5 Å². The Morgan fingerprint density at radius 2 is 1.74 bits per heavy atom. The molecule has 2 aromatic rings. The molecule has 0 saturated carbocycles. The Hall–Kier alpha value is -2.67. The number of rotatable bonds is 8. The molecule has 6 nitrogen and oxygen atoms in total. The van der Waals surface area contributed by atoms with Crippen molar-refractivity contribution >= 4 is 22.7 Å². The van der Waals surface area contributed by atoms with Crippen LogP contribution in [0.1, 0.15) is 22.8 Å². The van der Waals surface area contributed by atoms with E-state index in [0.29, 0.717) is 18.0 Å². The Labute approximate surface area is 161 Å². The number of ether oxygens (including phenoxy) is 2. The summed E-state index contributed by atoms with van der Waals surface area (Å²) in [5.74, 6) is -0.216. The number of amides is 1. The molecule has 7 heteroatoms. The van der Waals surface area contributed by atoms with Crippen LogP contribution >= 0.6 is 0 Å². The maximum atomic E-state index is 12.2. The molecule has 0 aromatic heterocycles.